The lowest BCUT2D eigenvalue weighted by molar-refractivity contribution is 0.343. The van der Waals surface area contributed by atoms with Gasteiger partial charge in [-0.05, 0) is 26.0 Å². The van der Waals surface area contributed by atoms with Crippen LogP contribution >= 0.6 is 11.6 Å². The number of benzene rings is 1. The van der Waals surface area contributed by atoms with E-state index >= 15 is 0 Å². The predicted molar refractivity (Wildman–Crippen MR) is 95.1 cm³/mol. The number of aryl methyl sites for hydroxylation is 2. The van der Waals surface area contributed by atoms with Crippen molar-refractivity contribution in [1.82, 2.24) is 0 Å². The molecule has 2 heterocycles. The maximum Gasteiger partial charge on any atom is 0.227 e. The van der Waals surface area contributed by atoms with Gasteiger partial charge in [0.2, 0.25) is 22.4 Å². The molecule has 0 aliphatic heterocycles. The second kappa shape index (κ2) is 6.92. The van der Waals surface area contributed by atoms with Gasteiger partial charge in [-0.2, -0.15) is 0 Å². The first kappa shape index (κ1) is 18.7. The van der Waals surface area contributed by atoms with E-state index in [0.717, 1.165) is 18.2 Å². The Hall–Kier alpha value is -3.06. The van der Waals surface area contributed by atoms with Crippen LogP contribution in [-0.4, -0.2) is 10.2 Å². The third-order valence-corrected chi connectivity index (χ3v) is 4.29. The van der Waals surface area contributed by atoms with Crippen LogP contribution in [0.4, 0.5) is 4.39 Å². The van der Waals surface area contributed by atoms with Crippen molar-refractivity contribution in [2.24, 2.45) is 0 Å². The zero-order valence-electron chi connectivity index (χ0n) is 14.2. The molecule has 8 heteroatoms. The molecule has 0 saturated carbocycles. The van der Waals surface area contributed by atoms with E-state index in [-0.39, 0.29) is 22.1 Å². The summed E-state index contributed by atoms with van der Waals surface area (Å²) in [7, 11) is 0. The van der Waals surface area contributed by atoms with Gasteiger partial charge in [0.05, 0.1) is 0 Å². The molecule has 0 amide bonds. The van der Waals surface area contributed by atoms with Crippen LogP contribution < -0.4 is 10.9 Å². The average molecular weight is 393 g/mol. The second-order valence-corrected chi connectivity index (χ2v) is 6.34. The lowest BCUT2D eigenvalue weighted by atomic mass is 9.91. The summed E-state index contributed by atoms with van der Waals surface area (Å²) >= 11 is 6.15. The Morgan fingerprint density at radius 2 is 1.44 bits per heavy atom. The molecule has 0 radical (unpaired) electrons. The Kier molecular flexibility index (Phi) is 4.80. The summed E-state index contributed by atoms with van der Waals surface area (Å²) in [6.45, 7) is 2.91. The van der Waals surface area contributed by atoms with E-state index in [1.807, 2.05) is 0 Å². The highest BCUT2D eigenvalue weighted by molar-refractivity contribution is 6.31. The molecule has 0 saturated heterocycles. The van der Waals surface area contributed by atoms with E-state index in [1.165, 1.54) is 26.0 Å². The Bertz CT molecular complexity index is 1060. The monoisotopic (exact) mass is 392 g/mol. The minimum Gasteiger partial charge on any atom is -0.502 e. The molecular formula is C19H14ClFO6. The minimum absolute atomic E-state index is 0.0767. The van der Waals surface area contributed by atoms with Gasteiger partial charge in [-0.25, -0.2) is 4.39 Å². The summed E-state index contributed by atoms with van der Waals surface area (Å²) in [5.41, 5.74) is -1.78. The van der Waals surface area contributed by atoms with Gasteiger partial charge in [0.15, 0.2) is 11.5 Å². The molecule has 140 valence electrons. The van der Waals surface area contributed by atoms with Crippen molar-refractivity contribution in [3.8, 4) is 11.5 Å². The van der Waals surface area contributed by atoms with Gasteiger partial charge in [-0.1, -0.05) is 17.7 Å². The van der Waals surface area contributed by atoms with Gasteiger partial charge >= 0.3 is 0 Å². The first-order chi connectivity index (χ1) is 12.7. The molecule has 0 unspecified atom stereocenters. The number of hydrogen-bond acceptors (Lipinski definition) is 6. The molecule has 3 rings (SSSR count). The van der Waals surface area contributed by atoms with E-state index in [4.69, 9.17) is 20.4 Å². The molecule has 1 aromatic carbocycles. The van der Waals surface area contributed by atoms with Crippen molar-refractivity contribution in [1.29, 1.82) is 0 Å². The molecule has 2 aromatic heterocycles. The number of halogens is 2. The van der Waals surface area contributed by atoms with Gasteiger partial charge in [-0.3, -0.25) is 9.59 Å². The maximum absolute atomic E-state index is 14.7. The number of hydrogen-bond donors (Lipinski definition) is 2. The van der Waals surface area contributed by atoms with Crippen molar-refractivity contribution >= 4 is 11.6 Å². The van der Waals surface area contributed by atoms with E-state index in [9.17, 15) is 24.2 Å². The summed E-state index contributed by atoms with van der Waals surface area (Å²) in [6, 6.07) is 5.93. The van der Waals surface area contributed by atoms with Crippen LogP contribution in [0, 0.1) is 19.7 Å². The lowest BCUT2D eigenvalue weighted by Gasteiger charge is -2.20. The zero-order chi connectivity index (χ0) is 19.9. The van der Waals surface area contributed by atoms with E-state index < -0.39 is 45.6 Å². The Morgan fingerprint density at radius 1 is 0.963 bits per heavy atom. The Balaban J connectivity index is 2.47. The van der Waals surface area contributed by atoms with Crippen LogP contribution in [0.3, 0.4) is 0 Å². The van der Waals surface area contributed by atoms with Crippen molar-refractivity contribution in [2.75, 3.05) is 0 Å². The third-order valence-electron chi connectivity index (χ3n) is 3.96. The molecule has 0 bridgehead atoms. The van der Waals surface area contributed by atoms with E-state index in [2.05, 4.69) is 0 Å². The van der Waals surface area contributed by atoms with Crippen molar-refractivity contribution in [3.05, 3.63) is 90.2 Å². The van der Waals surface area contributed by atoms with Crippen LogP contribution in [0.25, 0.3) is 0 Å². The molecular weight excluding hydrogens is 379 g/mol. The zero-order valence-corrected chi connectivity index (χ0v) is 15.0. The van der Waals surface area contributed by atoms with Crippen LogP contribution in [0.2, 0.25) is 5.02 Å². The van der Waals surface area contributed by atoms with Crippen molar-refractivity contribution < 1.29 is 23.4 Å². The fraction of sp³-hybridized carbons (Fsp3) is 0.158. The average Bonchev–Trinajstić information content (AvgIpc) is 2.58. The minimum atomic E-state index is -1.47. The smallest absolute Gasteiger partial charge is 0.227 e. The number of rotatable bonds is 3. The lowest BCUT2D eigenvalue weighted by Crippen LogP contribution is -2.14. The van der Waals surface area contributed by atoms with Gasteiger partial charge in [0.25, 0.3) is 0 Å². The summed E-state index contributed by atoms with van der Waals surface area (Å²) in [6.07, 6.45) is 0. The Labute approximate surface area is 157 Å². The molecule has 3 aromatic rings. The fourth-order valence-corrected chi connectivity index (χ4v) is 3.08. The van der Waals surface area contributed by atoms with Crippen molar-refractivity contribution in [3.63, 3.8) is 0 Å². The maximum atomic E-state index is 14.7. The van der Waals surface area contributed by atoms with Crippen LogP contribution in [-0.2, 0) is 0 Å². The largest absolute Gasteiger partial charge is 0.502 e. The normalized spacial score (nSPS) is 11.1. The SMILES string of the molecule is Cc1cc(=O)c(O)c(C(c2oc(C)cc(=O)c2O)c2c(F)cccc2Cl)o1. The third kappa shape index (κ3) is 3.33. The second-order valence-electron chi connectivity index (χ2n) is 5.94. The molecule has 6 nitrogen and oxygen atoms in total. The summed E-state index contributed by atoms with van der Waals surface area (Å²) < 4.78 is 25.6. The number of aromatic hydroxyl groups is 2. The van der Waals surface area contributed by atoms with Crippen molar-refractivity contribution in [2.45, 2.75) is 19.8 Å². The predicted octanol–water partition coefficient (Wildman–Crippen LogP) is 3.59. The van der Waals surface area contributed by atoms with Gasteiger partial charge < -0.3 is 19.0 Å². The molecule has 2 N–H and O–H groups in total. The summed E-state index contributed by atoms with van der Waals surface area (Å²) in [4.78, 5) is 24.0. The molecule has 0 spiro atoms. The highest BCUT2D eigenvalue weighted by Gasteiger charge is 2.34. The summed E-state index contributed by atoms with van der Waals surface area (Å²) in [5, 5.41) is 20.4. The van der Waals surface area contributed by atoms with Crippen LogP contribution in [0.1, 0.15) is 34.5 Å². The van der Waals surface area contributed by atoms with Gasteiger partial charge in [0, 0.05) is 22.7 Å². The van der Waals surface area contributed by atoms with E-state index in [1.54, 1.807) is 0 Å². The molecule has 0 fully saturated rings. The first-order valence-electron chi connectivity index (χ1n) is 7.81. The highest BCUT2D eigenvalue weighted by atomic mass is 35.5. The van der Waals surface area contributed by atoms with Crippen LogP contribution in [0.5, 0.6) is 11.5 Å². The molecule has 0 aliphatic carbocycles. The quantitative estimate of drug-likeness (QED) is 0.706. The van der Waals surface area contributed by atoms with E-state index in [0.29, 0.717) is 0 Å². The molecule has 0 aliphatic rings. The van der Waals surface area contributed by atoms with Gasteiger partial charge in [-0.15, -0.1) is 0 Å². The van der Waals surface area contributed by atoms with Gasteiger partial charge in [0.1, 0.15) is 23.3 Å². The highest BCUT2D eigenvalue weighted by Crippen LogP contribution is 2.42. The molecule has 27 heavy (non-hydrogen) atoms. The molecule has 0 atom stereocenters. The summed E-state index contributed by atoms with van der Waals surface area (Å²) in [5.74, 6) is -4.47. The fourth-order valence-electron chi connectivity index (χ4n) is 2.81. The Morgan fingerprint density at radius 3 is 1.89 bits per heavy atom. The standard InChI is InChI=1S/C19H14ClFO6/c1-8-6-12(22)16(24)18(26-8)15(14-10(20)4-3-5-11(14)21)19-17(25)13(23)7-9(2)27-19/h3-7,15,24-25H,1-2H3. The topological polar surface area (TPSA) is 101 Å². The van der Waals surface area contributed by atoms with Crippen LogP contribution in [0.15, 0.2) is 48.8 Å². The first-order valence-corrected chi connectivity index (χ1v) is 8.19.